The second-order valence-electron chi connectivity index (χ2n) is 13.6. The molecule has 0 fully saturated rings. The highest BCUT2D eigenvalue weighted by Gasteiger charge is 2.28. The van der Waals surface area contributed by atoms with Gasteiger partial charge in [-0.05, 0) is 70.8 Å². The molecule has 8 aromatic rings. The molecular weight excluding hydrogens is 601 g/mol. The van der Waals surface area contributed by atoms with Crippen LogP contribution in [0.5, 0.6) is 0 Å². The number of aromatic nitrogens is 6. The summed E-state index contributed by atoms with van der Waals surface area (Å²) in [4.78, 5) is 13.9. The number of pyridine rings is 2. The third-order valence-electron chi connectivity index (χ3n) is 9.97. The van der Waals surface area contributed by atoms with Gasteiger partial charge in [0.05, 0.1) is 34.8 Å². The van der Waals surface area contributed by atoms with E-state index in [0.29, 0.717) is 5.95 Å². The Morgan fingerprint density at radius 3 is 1.41 bits per heavy atom. The van der Waals surface area contributed by atoms with Gasteiger partial charge in [-0.2, -0.15) is 5.10 Å². The Hall–Kier alpha value is -6.01. The third kappa shape index (κ3) is 5.35. The van der Waals surface area contributed by atoms with Gasteiger partial charge in [0, 0.05) is 45.1 Å². The fourth-order valence-corrected chi connectivity index (χ4v) is 6.89. The SMILES string of the molecule is CC(C)(c1cccc(-c2ccccn2)c1)c1ccc2c3ccc(C(C)(C)c4cccc(-c5ccccn5)c4)cc3n(-c3nccnn3)c2c1. The van der Waals surface area contributed by atoms with Crippen molar-refractivity contribution in [3.63, 3.8) is 0 Å². The van der Waals surface area contributed by atoms with E-state index in [1.807, 2.05) is 36.7 Å². The van der Waals surface area contributed by atoms with Gasteiger partial charge in [-0.25, -0.2) is 4.98 Å². The number of benzene rings is 4. The zero-order valence-electron chi connectivity index (χ0n) is 28.0. The van der Waals surface area contributed by atoms with Crippen molar-refractivity contribution in [1.29, 1.82) is 0 Å². The van der Waals surface area contributed by atoms with Crippen molar-refractivity contribution >= 4 is 21.8 Å². The van der Waals surface area contributed by atoms with E-state index in [-0.39, 0.29) is 10.8 Å². The molecule has 8 rings (SSSR count). The van der Waals surface area contributed by atoms with E-state index in [2.05, 4.69) is 154 Å². The highest BCUT2D eigenvalue weighted by Crippen LogP contribution is 2.41. The van der Waals surface area contributed by atoms with Gasteiger partial charge >= 0.3 is 0 Å². The monoisotopic (exact) mass is 636 g/mol. The summed E-state index contributed by atoms with van der Waals surface area (Å²) in [6.45, 7) is 9.11. The van der Waals surface area contributed by atoms with E-state index in [1.54, 1.807) is 12.4 Å². The van der Waals surface area contributed by atoms with Gasteiger partial charge in [0.25, 0.3) is 5.95 Å². The van der Waals surface area contributed by atoms with Gasteiger partial charge in [0.2, 0.25) is 0 Å². The first kappa shape index (κ1) is 30.3. The van der Waals surface area contributed by atoms with Crippen LogP contribution in [0, 0.1) is 0 Å². The van der Waals surface area contributed by atoms with Crippen LogP contribution in [0.25, 0.3) is 50.3 Å². The number of rotatable bonds is 7. The van der Waals surface area contributed by atoms with Crippen LogP contribution in [0.3, 0.4) is 0 Å². The van der Waals surface area contributed by atoms with Crippen LogP contribution in [0.4, 0.5) is 0 Å². The van der Waals surface area contributed by atoms with E-state index in [0.717, 1.165) is 44.3 Å². The maximum Gasteiger partial charge on any atom is 0.254 e. The quantitative estimate of drug-likeness (QED) is 0.174. The average Bonchev–Trinajstić information content (AvgIpc) is 3.49. The Morgan fingerprint density at radius 1 is 0.449 bits per heavy atom. The Labute approximate surface area is 286 Å². The lowest BCUT2D eigenvalue weighted by Crippen LogP contribution is -2.19. The first-order valence-electron chi connectivity index (χ1n) is 16.6. The summed E-state index contributed by atoms with van der Waals surface area (Å²) in [5, 5.41) is 11.0. The maximum absolute atomic E-state index is 4.69. The lowest BCUT2D eigenvalue weighted by atomic mass is 9.77. The highest BCUT2D eigenvalue weighted by molar-refractivity contribution is 6.09. The molecule has 4 aromatic carbocycles. The first-order valence-corrected chi connectivity index (χ1v) is 16.6. The van der Waals surface area contributed by atoms with Crippen molar-refractivity contribution in [2.45, 2.75) is 38.5 Å². The summed E-state index contributed by atoms with van der Waals surface area (Å²) in [6, 6.07) is 43.0. The van der Waals surface area contributed by atoms with Gasteiger partial charge in [-0.3, -0.25) is 14.5 Å². The summed E-state index contributed by atoms with van der Waals surface area (Å²) >= 11 is 0. The lowest BCUT2D eigenvalue weighted by Gasteiger charge is -2.27. The summed E-state index contributed by atoms with van der Waals surface area (Å²) in [7, 11) is 0. The molecule has 4 heterocycles. The van der Waals surface area contributed by atoms with Gasteiger partial charge in [-0.15, -0.1) is 5.10 Å². The maximum atomic E-state index is 4.69. The Balaban J connectivity index is 1.27. The minimum Gasteiger partial charge on any atom is -0.277 e. The summed E-state index contributed by atoms with van der Waals surface area (Å²) < 4.78 is 2.16. The van der Waals surface area contributed by atoms with Gasteiger partial charge < -0.3 is 0 Å². The lowest BCUT2D eigenvalue weighted by molar-refractivity contribution is 0.641. The summed E-state index contributed by atoms with van der Waals surface area (Å²) in [5.41, 5.74) is 10.5. The van der Waals surface area contributed by atoms with Gasteiger partial charge in [0.1, 0.15) is 0 Å². The highest BCUT2D eigenvalue weighted by atomic mass is 15.3. The van der Waals surface area contributed by atoms with Crippen LogP contribution >= 0.6 is 0 Å². The molecule has 0 saturated carbocycles. The van der Waals surface area contributed by atoms with Crippen molar-refractivity contribution in [3.8, 4) is 28.5 Å². The molecule has 0 spiro atoms. The largest absolute Gasteiger partial charge is 0.277 e. The fourth-order valence-electron chi connectivity index (χ4n) is 6.89. The molecule has 0 N–H and O–H groups in total. The number of nitrogens with zero attached hydrogens (tertiary/aromatic N) is 6. The van der Waals surface area contributed by atoms with Crippen LogP contribution < -0.4 is 0 Å². The molecule has 0 aliphatic rings. The zero-order chi connectivity index (χ0) is 33.6. The molecule has 0 atom stereocenters. The van der Waals surface area contributed by atoms with Crippen molar-refractivity contribution in [2.75, 3.05) is 0 Å². The smallest absolute Gasteiger partial charge is 0.254 e. The molecule has 4 aromatic heterocycles. The van der Waals surface area contributed by atoms with E-state index < -0.39 is 0 Å². The second-order valence-corrected chi connectivity index (χ2v) is 13.6. The van der Waals surface area contributed by atoms with Crippen molar-refractivity contribution < 1.29 is 0 Å². The average molecular weight is 637 g/mol. The van der Waals surface area contributed by atoms with E-state index in [1.165, 1.54) is 22.3 Å². The van der Waals surface area contributed by atoms with E-state index >= 15 is 0 Å². The van der Waals surface area contributed by atoms with Gasteiger partial charge in [-0.1, -0.05) is 100 Å². The van der Waals surface area contributed by atoms with Crippen molar-refractivity contribution in [3.05, 3.63) is 168 Å². The van der Waals surface area contributed by atoms with Crippen LogP contribution in [0.15, 0.2) is 146 Å². The molecule has 0 bridgehead atoms. The number of fused-ring (bicyclic) bond motifs is 3. The molecule has 238 valence electrons. The minimum atomic E-state index is -0.290. The predicted octanol–water partition coefficient (Wildman–Crippen LogP) is 9.74. The number of hydrogen-bond acceptors (Lipinski definition) is 5. The zero-order valence-corrected chi connectivity index (χ0v) is 28.0. The van der Waals surface area contributed by atoms with Crippen LogP contribution in [0.1, 0.15) is 49.9 Å². The standard InChI is InChI=1S/C43H36N6/c1-42(2,31-13-9-11-29(25-31)37-15-5-7-21-44-37)33-17-19-35-36-20-18-34(28-40(36)49(39(35)27-33)41-46-23-24-47-48-41)43(3,4)32-14-10-12-30(26-32)38-16-6-8-22-45-38/h5-28H,1-4H3. The normalized spacial score (nSPS) is 12.1. The topological polar surface area (TPSA) is 69.4 Å². The van der Waals surface area contributed by atoms with Crippen LogP contribution in [-0.4, -0.2) is 29.7 Å². The Bertz CT molecular complexity index is 2280. The minimum absolute atomic E-state index is 0.290. The molecular formula is C43H36N6. The summed E-state index contributed by atoms with van der Waals surface area (Å²) in [6.07, 6.45) is 7.00. The van der Waals surface area contributed by atoms with E-state index in [4.69, 9.17) is 0 Å². The van der Waals surface area contributed by atoms with Crippen molar-refractivity contribution in [2.24, 2.45) is 0 Å². The molecule has 0 amide bonds. The Kier molecular flexibility index (Phi) is 7.37. The predicted molar refractivity (Wildman–Crippen MR) is 198 cm³/mol. The van der Waals surface area contributed by atoms with Gasteiger partial charge in [0.15, 0.2) is 0 Å². The molecule has 0 saturated heterocycles. The van der Waals surface area contributed by atoms with E-state index in [9.17, 15) is 0 Å². The molecule has 0 radical (unpaired) electrons. The second kappa shape index (κ2) is 11.9. The number of hydrogen-bond donors (Lipinski definition) is 0. The first-order chi connectivity index (χ1) is 23.8. The summed E-state index contributed by atoms with van der Waals surface area (Å²) in [5.74, 6) is 0.543. The van der Waals surface area contributed by atoms with Crippen LogP contribution in [-0.2, 0) is 10.8 Å². The molecule has 0 aliphatic heterocycles. The van der Waals surface area contributed by atoms with Crippen molar-refractivity contribution in [1.82, 2.24) is 29.7 Å². The van der Waals surface area contributed by atoms with Crippen LogP contribution in [0.2, 0.25) is 0 Å². The molecule has 49 heavy (non-hydrogen) atoms. The molecule has 6 nitrogen and oxygen atoms in total. The third-order valence-corrected chi connectivity index (χ3v) is 9.97. The molecule has 6 heteroatoms. The molecule has 0 unspecified atom stereocenters. The fraction of sp³-hybridized carbons (Fsp3) is 0.140. The molecule has 0 aliphatic carbocycles. The Morgan fingerprint density at radius 2 is 0.959 bits per heavy atom.